The molecule has 1 aliphatic carbocycles. The van der Waals surface area contributed by atoms with E-state index in [1.165, 1.54) is 6.42 Å². The van der Waals surface area contributed by atoms with Crippen LogP contribution in [-0.4, -0.2) is 80.3 Å². The van der Waals surface area contributed by atoms with E-state index in [1.54, 1.807) is 4.31 Å². The zero-order chi connectivity index (χ0) is 21.0. The molecule has 2 N–H and O–H groups in total. The van der Waals surface area contributed by atoms with Crippen molar-refractivity contribution in [3.05, 3.63) is 0 Å². The maximum atomic E-state index is 12.2. The van der Waals surface area contributed by atoms with Crippen molar-refractivity contribution in [3.63, 3.8) is 0 Å². The summed E-state index contributed by atoms with van der Waals surface area (Å²) in [5, 5.41) is 11.0. The molecule has 0 radical (unpaired) electrons. The smallest absolute Gasteiger partial charge is 0.404 e. The maximum Gasteiger partial charge on any atom is 0.404 e. The van der Waals surface area contributed by atoms with Crippen molar-refractivity contribution in [2.75, 3.05) is 45.9 Å². The largest absolute Gasteiger partial charge is 0.465 e. The standard InChI is InChI=1S/C20H39N3O5S/c24-19(25)21-12-6-1-2-7-14-23(29(26)27)20(9-4-3-5-10-20)11-8-13-22-15-17-28-18-16-22/h21,29H,1-18H2,(H,24,25). The summed E-state index contributed by atoms with van der Waals surface area (Å²) in [6, 6.07) is 0. The summed E-state index contributed by atoms with van der Waals surface area (Å²) in [4.78, 5) is 12.9. The van der Waals surface area contributed by atoms with Crippen LogP contribution in [0.5, 0.6) is 0 Å². The van der Waals surface area contributed by atoms with Crippen molar-refractivity contribution >= 4 is 17.0 Å². The van der Waals surface area contributed by atoms with E-state index < -0.39 is 17.0 Å². The minimum atomic E-state index is -2.59. The number of hydrogen-bond donors (Lipinski definition) is 3. The minimum Gasteiger partial charge on any atom is -0.465 e. The Labute approximate surface area is 177 Å². The number of nitrogens with zero attached hydrogens (tertiary/aromatic N) is 2. The molecule has 1 aliphatic heterocycles. The predicted molar refractivity (Wildman–Crippen MR) is 114 cm³/mol. The van der Waals surface area contributed by atoms with E-state index in [9.17, 15) is 13.2 Å². The molecule has 0 aromatic carbocycles. The van der Waals surface area contributed by atoms with E-state index >= 15 is 0 Å². The SMILES string of the molecule is O=C(O)NCCCCCCN([SH](=O)=O)C1(CCCN2CCOCC2)CCCCC1. The van der Waals surface area contributed by atoms with E-state index in [4.69, 9.17) is 9.84 Å². The topological polar surface area (TPSA) is 99.2 Å². The molecule has 0 aromatic heterocycles. The summed E-state index contributed by atoms with van der Waals surface area (Å²) >= 11 is 0. The van der Waals surface area contributed by atoms with Gasteiger partial charge in [-0.3, -0.25) is 4.90 Å². The van der Waals surface area contributed by atoms with E-state index in [-0.39, 0.29) is 5.54 Å². The molecule has 0 aromatic rings. The summed E-state index contributed by atoms with van der Waals surface area (Å²) < 4.78 is 31.5. The van der Waals surface area contributed by atoms with Crippen molar-refractivity contribution in [2.24, 2.45) is 0 Å². The highest BCUT2D eigenvalue weighted by Gasteiger charge is 2.39. The number of rotatable bonds is 13. The van der Waals surface area contributed by atoms with Gasteiger partial charge in [-0.2, -0.15) is 4.31 Å². The molecule has 2 fully saturated rings. The van der Waals surface area contributed by atoms with Crippen molar-refractivity contribution in [3.8, 4) is 0 Å². The van der Waals surface area contributed by atoms with Crippen LogP contribution in [0.1, 0.15) is 70.6 Å². The Kier molecular flexibility index (Phi) is 11.3. The maximum absolute atomic E-state index is 12.2. The second-order valence-corrected chi connectivity index (χ2v) is 9.31. The molecule has 0 spiro atoms. The van der Waals surface area contributed by atoms with Gasteiger partial charge in [0.05, 0.1) is 13.2 Å². The van der Waals surface area contributed by atoms with Gasteiger partial charge in [0.1, 0.15) is 0 Å². The fraction of sp³-hybridized carbons (Fsp3) is 0.950. The van der Waals surface area contributed by atoms with Crippen LogP contribution in [0.4, 0.5) is 4.79 Å². The molecule has 170 valence electrons. The number of ether oxygens (including phenoxy) is 1. The lowest BCUT2D eigenvalue weighted by atomic mass is 9.78. The Morgan fingerprint density at radius 2 is 1.72 bits per heavy atom. The van der Waals surface area contributed by atoms with Gasteiger partial charge in [0.15, 0.2) is 0 Å². The van der Waals surface area contributed by atoms with Gasteiger partial charge >= 0.3 is 6.09 Å². The highest BCUT2D eigenvalue weighted by atomic mass is 32.2. The lowest BCUT2D eigenvalue weighted by molar-refractivity contribution is 0.0336. The third kappa shape index (κ3) is 8.78. The van der Waals surface area contributed by atoms with Crippen LogP contribution in [0.2, 0.25) is 0 Å². The van der Waals surface area contributed by atoms with Gasteiger partial charge in [0.25, 0.3) is 0 Å². The van der Waals surface area contributed by atoms with Gasteiger partial charge in [0.2, 0.25) is 10.9 Å². The van der Waals surface area contributed by atoms with Crippen LogP contribution >= 0.6 is 0 Å². The molecule has 9 heteroatoms. The molecule has 1 amide bonds. The first-order chi connectivity index (χ1) is 14.0. The second-order valence-electron chi connectivity index (χ2n) is 8.35. The lowest BCUT2D eigenvalue weighted by Crippen LogP contribution is -2.50. The van der Waals surface area contributed by atoms with Gasteiger partial charge in [-0.25, -0.2) is 13.2 Å². The van der Waals surface area contributed by atoms with E-state index in [1.807, 2.05) is 0 Å². The van der Waals surface area contributed by atoms with Gasteiger partial charge in [-0.1, -0.05) is 32.1 Å². The minimum absolute atomic E-state index is 0.204. The van der Waals surface area contributed by atoms with Crippen LogP contribution in [0, 0.1) is 0 Å². The fourth-order valence-electron chi connectivity index (χ4n) is 4.73. The molecule has 1 saturated heterocycles. The Bertz CT molecular complexity index is 538. The van der Waals surface area contributed by atoms with Gasteiger partial charge in [-0.15, -0.1) is 0 Å². The quantitative estimate of drug-likeness (QED) is 0.305. The van der Waals surface area contributed by atoms with E-state index in [2.05, 4.69) is 10.2 Å². The Hall–Kier alpha value is -0.900. The number of hydrogen-bond acceptors (Lipinski definition) is 5. The summed E-state index contributed by atoms with van der Waals surface area (Å²) in [6.07, 6.45) is 9.80. The summed E-state index contributed by atoms with van der Waals surface area (Å²) in [5.74, 6) is 0. The van der Waals surface area contributed by atoms with Gasteiger partial charge in [0, 0.05) is 31.7 Å². The van der Waals surface area contributed by atoms with Crippen molar-refractivity contribution in [1.82, 2.24) is 14.5 Å². The first-order valence-corrected chi connectivity index (χ1v) is 12.4. The van der Waals surface area contributed by atoms with Gasteiger partial charge in [-0.05, 0) is 45.1 Å². The lowest BCUT2D eigenvalue weighted by Gasteiger charge is -2.44. The third-order valence-corrected chi connectivity index (χ3v) is 7.34. The fourth-order valence-corrected chi connectivity index (χ4v) is 5.68. The molecule has 0 atom stereocenters. The number of unbranched alkanes of at least 4 members (excludes halogenated alkanes) is 3. The molecule has 1 saturated carbocycles. The number of amides is 1. The molecule has 0 bridgehead atoms. The summed E-state index contributed by atoms with van der Waals surface area (Å²) in [5.41, 5.74) is -0.204. The first-order valence-electron chi connectivity index (χ1n) is 11.2. The molecule has 0 unspecified atom stereocenters. The van der Waals surface area contributed by atoms with Crippen LogP contribution in [0.15, 0.2) is 0 Å². The predicted octanol–water partition coefficient (Wildman–Crippen LogP) is 2.46. The van der Waals surface area contributed by atoms with Crippen molar-refractivity contribution in [1.29, 1.82) is 0 Å². The number of nitrogens with one attached hydrogen (secondary N) is 1. The molecule has 29 heavy (non-hydrogen) atoms. The number of morpholine rings is 1. The van der Waals surface area contributed by atoms with E-state index in [0.29, 0.717) is 13.1 Å². The molecular formula is C20H39N3O5S. The average Bonchev–Trinajstić information content (AvgIpc) is 2.71. The van der Waals surface area contributed by atoms with Crippen molar-refractivity contribution in [2.45, 2.75) is 76.2 Å². The van der Waals surface area contributed by atoms with Crippen LogP contribution in [0.3, 0.4) is 0 Å². The first kappa shape index (κ1) is 24.4. The van der Waals surface area contributed by atoms with Gasteiger partial charge < -0.3 is 15.2 Å². The molecule has 1 heterocycles. The second kappa shape index (κ2) is 13.4. The highest BCUT2D eigenvalue weighted by Crippen LogP contribution is 2.38. The monoisotopic (exact) mass is 433 g/mol. The zero-order valence-electron chi connectivity index (χ0n) is 17.6. The normalized spacial score (nSPS) is 20.2. The average molecular weight is 434 g/mol. The summed E-state index contributed by atoms with van der Waals surface area (Å²) in [6.45, 7) is 5.61. The molecule has 2 aliphatic rings. The molecular weight excluding hydrogens is 394 g/mol. The molecule has 2 rings (SSSR count). The van der Waals surface area contributed by atoms with Crippen LogP contribution in [0.25, 0.3) is 0 Å². The van der Waals surface area contributed by atoms with E-state index in [0.717, 1.165) is 97.1 Å². The Morgan fingerprint density at radius 1 is 1.03 bits per heavy atom. The summed E-state index contributed by atoms with van der Waals surface area (Å²) in [7, 11) is -2.59. The molecule has 8 nitrogen and oxygen atoms in total. The highest BCUT2D eigenvalue weighted by molar-refractivity contribution is 7.69. The van der Waals surface area contributed by atoms with Crippen LogP contribution < -0.4 is 5.32 Å². The third-order valence-electron chi connectivity index (χ3n) is 6.32. The van der Waals surface area contributed by atoms with Crippen LogP contribution in [-0.2, 0) is 15.6 Å². The van der Waals surface area contributed by atoms with Crippen molar-refractivity contribution < 1.29 is 23.1 Å². The number of carbonyl (C=O) groups is 1. The number of carboxylic acid groups (broad SMARTS) is 1. The Morgan fingerprint density at radius 3 is 2.38 bits per heavy atom. The zero-order valence-corrected chi connectivity index (χ0v) is 18.5. The Balaban J connectivity index is 1.82. The number of thiol groups is 1.